The molecular formula is C17H17F3N2O3S. The molecule has 0 saturated carbocycles. The SMILES string of the molecule is O=C(NC1CCS(=O)(=O)CC1)c1cc(-n2cccc2)cc(C(F)(F)F)c1. The molecule has 0 radical (unpaired) electrons. The average molecular weight is 386 g/mol. The lowest BCUT2D eigenvalue weighted by molar-refractivity contribution is -0.137. The third kappa shape index (κ3) is 4.27. The van der Waals surface area contributed by atoms with Crippen molar-refractivity contribution < 1.29 is 26.4 Å². The molecule has 0 spiro atoms. The first-order valence-corrected chi connectivity index (χ1v) is 9.83. The lowest BCUT2D eigenvalue weighted by Gasteiger charge is -2.23. The van der Waals surface area contributed by atoms with Crippen molar-refractivity contribution in [3.05, 3.63) is 53.9 Å². The summed E-state index contributed by atoms with van der Waals surface area (Å²) in [6.07, 6.45) is -0.890. The zero-order chi connectivity index (χ0) is 18.9. The van der Waals surface area contributed by atoms with Crippen molar-refractivity contribution >= 4 is 15.7 Å². The summed E-state index contributed by atoms with van der Waals surface area (Å²) in [6, 6.07) is 6.14. The van der Waals surface area contributed by atoms with E-state index in [0.717, 1.165) is 12.1 Å². The summed E-state index contributed by atoms with van der Waals surface area (Å²) in [5.41, 5.74) is -0.807. The van der Waals surface area contributed by atoms with Gasteiger partial charge in [0.15, 0.2) is 0 Å². The van der Waals surface area contributed by atoms with Crippen LogP contribution in [0.5, 0.6) is 0 Å². The lowest BCUT2D eigenvalue weighted by atomic mass is 10.1. The van der Waals surface area contributed by atoms with Gasteiger partial charge in [-0.05, 0) is 43.2 Å². The predicted octanol–water partition coefficient (Wildman–Crippen LogP) is 2.80. The minimum absolute atomic E-state index is 0.0326. The molecule has 0 atom stereocenters. The minimum atomic E-state index is -4.59. The zero-order valence-electron chi connectivity index (χ0n) is 13.7. The van der Waals surface area contributed by atoms with E-state index in [9.17, 15) is 26.4 Å². The largest absolute Gasteiger partial charge is 0.416 e. The van der Waals surface area contributed by atoms with Crippen LogP contribution in [0.15, 0.2) is 42.7 Å². The molecule has 1 fully saturated rings. The molecule has 5 nitrogen and oxygen atoms in total. The van der Waals surface area contributed by atoms with Gasteiger partial charge in [0.25, 0.3) is 5.91 Å². The zero-order valence-corrected chi connectivity index (χ0v) is 14.5. The van der Waals surface area contributed by atoms with Gasteiger partial charge in [0.05, 0.1) is 17.1 Å². The van der Waals surface area contributed by atoms with Crippen molar-refractivity contribution in [3.63, 3.8) is 0 Å². The molecule has 3 rings (SSSR count). The maximum absolute atomic E-state index is 13.2. The van der Waals surface area contributed by atoms with Crippen molar-refractivity contribution in [3.8, 4) is 5.69 Å². The van der Waals surface area contributed by atoms with Crippen LogP contribution in [-0.4, -0.2) is 36.4 Å². The standard InChI is InChI=1S/C17H17F3N2O3S/c18-17(19,20)13-9-12(10-15(11-13)22-5-1-2-6-22)16(23)21-14-3-7-26(24,25)8-4-14/h1-2,5-6,9-11,14H,3-4,7-8H2,(H,21,23). The van der Waals surface area contributed by atoms with Crippen molar-refractivity contribution in [2.45, 2.75) is 25.1 Å². The first-order valence-electron chi connectivity index (χ1n) is 8.01. The van der Waals surface area contributed by atoms with Crippen LogP contribution in [0.1, 0.15) is 28.8 Å². The summed E-state index contributed by atoms with van der Waals surface area (Å²) in [5, 5.41) is 2.64. The van der Waals surface area contributed by atoms with Gasteiger partial charge < -0.3 is 9.88 Å². The van der Waals surface area contributed by atoms with Crippen LogP contribution in [0.2, 0.25) is 0 Å². The molecular weight excluding hydrogens is 369 g/mol. The molecule has 1 saturated heterocycles. The van der Waals surface area contributed by atoms with Crippen LogP contribution in [0, 0.1) is 0 Å². The van der Waals surface area contributed by atoms with E-state index in [1.54, 1.807) is 24.5 Å². The van der Waals surface area contributed by atoms with Crippen molar-refractivity contribution in [1.82, 2.24) is 9.88 Å². The normalized spacial score (nSPS) is 17.8. The highest BCUT2D eigenvalue weighted by atomic mass is 32.2. The van der Waals surface area contributed by atoms with Crippen molar-refractivity contribution in [2.75, 3.05) is 11.5 Å². The van der Waals surface area contributed by atoms with Crippen LogP contribution in [-0.2, 0) is 16.0 Å². The molecule has 9 heteroatoms. The molecule has 0 aliphatic carbocycles. The Bertz CT molecular complexity index is 892. The third-order valence-corrected chi connectivity index (χ3v) is 6.02. The molecule has 140 valence electrons. The van der Waals surface area contributed by atoms with E-state index in [2.05, 4.69) is 5.32 Å². The second-order valence-electron chi connectivity index (χ2n) is 6.26. The molecule has 0 unspecified atom stereocenters. The highest BCUT2D eigenvalue weighted by molar-refractivity contribution is 7.91. The molecule has 26 heavy (non-hydrogen) atoms. The summed E-state index contributed by atoms with van der Waals surface area (Å²) in [6.45, 7) is 0. The predicted molar refractivity (Wildman–Crippen MR) is 89.9 cm³/mol. The van der Waals surface area contributed by atoms with Gasteiger partial charge in [0.1, 0.15) is 9.84 Å². The van der Waals surface area contributed by atoms with E-state index < -0.39 is 27.5 Å². The number of nitrogens with zero attached hydrogens (tertiary/aromatic N) is 1. The van der Waals surface area contributed by atoms with E-state index in [-0.39, 0.29) is 41.6 Å². The van der Waals surface area contributed by atoms with Crippen molar-refractivity contribution in [2.24, 2.45) is 0 Å². The number of rotatable bonds is 3. The van der Waals surface area contributed by atoms with Gasteiger partial charge in [-0.1, -0.05) is 0 Å². The maximum Gasteiger partial charge on any atom is 0.416 e. The lowest BCUT2D eigenvalue weighted by Crippen LogP contribution is -2.40. The second-order valence-corrected chi connectivity index (χ2v) is 8.56. The Labute approximate surface area is 148 Å². The van der Waals surface area contributed by atoms with E-state index in [1.807, 2.05) is 0 Å². The first-order chi connectivity index (χ1) is 12.1. The summed E-state index contributed by atoms with van der Waals surface area (Å²) in [5.74, 6) is -0.710. The molecule has 1 N–H and O–H groups in total. The minimum Gasteiger partial charge on any atom is -0.349 e. The maximum atomic E-state index is 13.2. The third-order valence-electron chi connectivity index (χ3n) is 4.30. The number of carbonyl (C=O) groups excluding carboxylic acids is 1. The highest BCUT2D eigenvalue weighted by Gasteiger charge is 2.32. The Balaban J connectivity index is 1.86. The van der Waals surface area contributed by atoms with Crippen LogP contribution in [0.25, 0.3) is 5.69 Å². The summed E-state index contributed by atoms with van der Waals surface area (Å²) < 4.78 is 63.9. The number of nitrogens with one attached hydrogen (secondary N) is 1. The molecule has 1 aromatic carbocycles. The van der Waals surface area contributed by atoms with Gasteiger partial charge in [0, 0.05) is 29.7 Å². The second kappa shape index (κ2) is 6.79. The number of alkyl halides is 3. The number of hydrogen-bond donors (Lipinski definition) is 1. The van der Waals surface area contributed by atoms with E-state index in [4.69, 9.17) is 0 Å². The number of carbonyl (C=O) groups is 1. The Hall–Kier alpha value is -2.29. The number of benzene rings is 1. The first kappa shape index (κ1) is 18.5. The van der Waals surface area contributed by atoms with E-state index in [1.165, 1.54) is 10.6 Å². The Morgan fingerprint density at radius 1 is 1.08 bits per heavy atom. The van der Waals surface area contributed by atoms with Gasteiger partial charge in [-0.15, -0.1) is 0 Å². The van der Waals surface area contributed by atoms with Crippen molar-refractivity contribution in [1.29, 1.82) is 0 Å². The molecule has 0 bridgehead atoms. The topological polar surface area (TPSA) is 68.2 Å². The monoisotopic (exact) mass is 386 g/mol. The number of aromatic nitrogens is 1. The molecule has 1 aromatic heterocycles. The molecule has 2 aromatic rings. The van der Waals surface area contributed by atoms with Gasteiger partial charge in [-0.25, -0.2) is 8.42 Å². The summed E-state index contributed by atoms with van der Waals surface area (Å²) >= 11 is 0. The van der Waals surface area contributed by atoms with E-state index >= 15 is 0 Å². The quantitative estimate of drug-likeness (QED) is 0.882. The summed E-state index contributed by atoms with van der Waals surface area (Å²) in [4.78, 5) is 12.4. The average Bonchev–Trinajstić information content (AvgIpc) is 3.10. The Morgan fingerprint density at radius 2 is 1.69 bits per heavy atom. The molecule has 1 amide bonds. The molecule has 1 aliphatic rings. The fourth-order valence-corrected chi connectivity index (χ4v) is 4.36. The van der Waals surface area contributed by atoms with Gasteiger partial charge in [0.2, 0.25) is 0 Å². The highest BCUT2D eigenvalue weighted by Crippen LogP contribution is 2.31. The number of sulfone groups is 1. The number of hydrogen-bond acceptors (Lipinski definition) is 3. The smallest absolute Gasteiger partial charge is 0.349 e. The van der Waals surface area contributed by atoms with Crippen LogP contribution >= 0.6 is 0 Å². The van der Waals surface area contributed by atoms with E-state index in [0.29, 0.717) is 0 Å². The number of amides is 1. The van der Waals surface area contributed by atoms with Crippen LogP contribution < -0.4 is 5.32 Å². The van der Waals surface area contributed by atoms with Gasteiger partial charge >= 0.3 is 6.18 Å². The molecule has 1 aliphatic heterocycles. The van der Waals surface area contributed by atoms with Gasteiger partial charge in [-0.2, -0.15) is 13.2 Å². The Morgan fingerprint density at radius 3 is 2.27 bits per heavy atom. The number of halogens is 3. The summed E-state index contributed by atoms with van der Waals surface area (Å²) in [7, 11) is -3.08. The Kier molecular flexibility index (Phi) is 4.83. The van der Waals surface area contributed by atoms with Crippen LogP contribution in [0.3, 0.4) is 0 Å². The van der Waals surface area contributed by atoms with Crippen LogP contribution in [0.4, 0.5) is 13.2 Å². The fourth-order valence-electron chi connectivity index (χ4n) is 2.86. The van der Waals surface area contributed by atoms with Gasteiger partial charge in [-0.3, -0.25) is 4.79 Å². The molecule has 2 heterocycles. The fraction of sp³-hybridized carbons (Fsp3) is 0.353.